The van der Waals surface area contributed by atoms with Gasteiger partial charge in [0, 0.05) is 25.0 Å². The van der Waals surface area contributed by atoms with E-state index in [-0.39, 0.29) is 5.91 Å². The predicted octanol–water partition coefficient (Wildman–Crippen LogP) is 1.99. The first-order valence-electron chi connectivity index (χ1n) is 5.61. The third-order valence-electron chi connectivity index (χ3n) is 2.57. The quantitative estimate of drug-likeness (QED) is 0.814. The summed E-state index contributed by atoms with van der Waals surface area (Å²) >= 11 is 1.81. The largest absolute Gasteiger partial charge is 0.386 e. The lowest BCUT2D eigenvalue weighted by molar-refractivity contribution is 0.0954. The highest BCUT2D eigenvalue weighted by atomic mass is 32.2. The Bertz CT molecular complexity index is 371. The summed E-state index contributed by atoms with van der Waals surface area (Å²) in [6.45, 7) is 2.86. The van der Waals surface area contributed by atoms with E-state index < -0.39 is 0 Å². The Kier molecular flexibility index (Phi) is 5.83. The van der Waals surface area contributed by atoms with Gasteiger partial charge in [0.05, 0.1) is 17.4 Å². The number of carbonyl (C=O) groups is 1. The van der Waals surface area contributed by atoms with E-state index in [2.05, 4.69) is 28.8 Å². The van der Waals surface area contributed by atoms with E-state index in [0.717, 1.165) is 12.1 Å². The van der Waals surface area contributed by atoms with Crippen LogP contribution in [-0.2, 0) is 0 Å². The molecule has 1 amide bonds. The maximum atomic E-state index is 11.9. The highest BCUT2D eigenvalue weighted by molar-refractivity contribution is 7.99. The third kappa shape index (κ3) is 4.26. The molecule has 0 spiro atoms. The summed E-state index contributed by atoms with van der Waals surface area (Å²) in [5, 5.41) is 6.44. The molecule has 5 heteroatoms. The maximum Gasteiger partial charge on any atom is 0.253 e. The molecular formula is C12H19N3OS. The molecule has 1 rings (SSSR count). The summed E-state index contributed by atoms with van der Waals surface area (Å²) in [6.07, 6.45) is 6.33. The van der Waals surface area contributed by atoms with Gasteiger partial charge in [0.2, 0.25) is 0 Å². The average Bonchev–Trinajstić information content (AvgIpc) is 2.38. The molecule has 1 aromatic rings. The molecule has 4 nitrogen and oxygen atoms in total. The maximum absolute atomic E-state index is 11.9. The number of anilines is 1. The predicted molar refractivity (Wildman–Crippen MR) is 73.7 cm³/mol. The summed E-state index contributed by atoms with van der Waals surface area (Å²) in [6, 6.07) is 1.72. The summed E-state index contributed by atoms with van der Waals surface area (Å²) in [5.41, 5.74) is 1.39. The van der Waals surface area contributed by atoms with Crippen LogP contribution in [0, 0.1) is 0 Å². The lowest BCUT2D eigenvalue weighted by atomic mass is 10.2. The SMILES string of the molecule is CNc1cnccc1C(=O)NCCC(C)SC. The monoisotopic (exact) mass is 253 g/mol. The zero-order valence-corrected chi connectivity index (χ0v) is 11.3. The smallest absolute Gasteiger partial charge is 0.253 e. The van der Waals surface area contributed by atoms with E-state index in [1.807, 2.05) is 0 Å². The number of amides is 1. The molecule has 1 aromatic heterocycles. The van der Waals surface area contributed by atoms with Crippen molar-refractivity contribution in [2.24, 2.45) is 0 Å². The minimum atomic E-state index is -0.0509. The normalized spacial score (nSPS) is 11.9. The fraction of sp³-hybridized carbons (Fsp3) is 0.500. The van der Waals surface area contributed by atoms with Gasteiger partial charge in [0.1, 0.15) is 0 Å². The minimum Gasteiger partial charge on any atom is -0.386 e. The summed E-state index contributed by atoms with van der Waals surface area (Å²) in [4.78, 5) is 15.9. The minimum absolute atomic E-state index is 0.0509. The number of nitrogens with one attached hydrogen (secondary N) is 2. The number of hydrogen-bond acceptors (Lipinski definition) is 4. The van der Waals surface area contributed by atoms with Gasteiger partial charge in [0.25, 0.3) is 5.91 Å². The number of rotatable bonds is 6. The van der Waals surface area contributed by atoms with Gasteiger partial charge in [-0.3, -0.25) is 9.78 Å². The van der Waals surface area contributed by atoms with Crippen molar-refractivity contribution in [3.63, 3.8) is 0 Å². The van der Waals surface area contributed by atoms with Crippen molar-refractivity contribution in [1.82, 2.24) is 10.3 Å². The molecule has 0 fully saturated rings. The molecule has 0 aromatic carbocycles. The Balaban J connectivity index is 2.52. The van der Waals surface area contributed by atoms with Crippen LogP contribution in [0.5, 0.6) is 0 Å². The van der Waals surface area contributed by atoms with Crippen molar-refractivity contribution >= 4 is 23.4 Å². The van der Waals surface area contributed by atoms with Crippen LogP contribution < -0.4 is 10.6 Å². The second kappa shape index (κ2) is 7.17. The first kappa shape index (κ1) is 13.8. The average molecular weight is 253 g/mol. The number of carbonyl (C=O) groups excluding carboxylic acids is 1. The second-order valence-corrected chi connectivity index (χ2v) is 5.04. The summed E-state index contributed by atoms with van der Waals surface area (Å²) in [5.74, 6) is -0.0509. The zero-order chi connectivity index (χ0) is 12.7. The Labute approximate surface area is 107 Å². The van der Waals surface area contributed by atoms with E-state index in [1.165, 1.54) is 0 Å². The number of hydrogen-bond donors (Lipinski definition) is 2. The molecule has 1 heterocycles. The molecule has 0 aliphatic carbocycles. The van der Waals surface area contributed by atoms with E-state index in [1.54, 1.807) is 37.3 Å². The van der Waals surface area contributed by atoms with Crippen molar-refractivity contribution in [2.75, 3.05) is 25.2 Å². The lowest BCUT2D eigenvalue weighted by Crippen LogP contribution is -2.26. The van der Waals surface area contributed by atoms with Crippen LogP contribution in [0.1, 0.15) is 23.7 Å². The van der Waals surface area contributed by atoms with E-state index in [4.69, 9.17) is 0 Å². The standard InChI is InChI=1S/C12H19N3OS/c1-9(17-3)4-7-15-12(16)10-5-6-14-8-11(10)13-2/h5-6,8-9,13H,4,7H2,1-3H3,(H,15,16). The number of nitrogens with zero attached hydrogens (tertiary/aromatic N) is 1. The molecule has 0 saturated heterocycles. The van der Waals surface area contributed by atoms with Crippen molar-refractivity contribution < 1.29 is 4.79 Å². The van der Waals surface area contributed by atoms with Gasteiger partial charge in [0.15, 0.2) is 0 Å². The van der Waals surface area contributed by atoms with Crippen LogP contribution >= 0.6 is 11.8 Å². The topological polar surface area (TPSA) is 54.0 Å². The molecule has 17 heavy (non-hydrogen) atoms. The van der Waals surface area contributed by atoms with Gasteiger partial charge < -0.3 is 10.6 Å². The van der Waals surface area contributed by atoms with Gasteiger partial charge in [-0.15, -0.1) is 0 Å². The number of thioether (sulfide) groups is 1. The Hall–Kier alpha value is -1.23. The number of pyridine rings is 1. The molecule has 0 radical (unpaired) electrons. The Morgan fingerprint density at radius 1 is 1.59 bits per heavy atom. The van der Waals surface area contributed by atoms with Crippen LogP contribution in [0.15, 0.2) is 18.5 Å². The van der Waals surface area contributed by atoms with Crippen LogP contribution in [0.4, 0.5) is 5.69 Å². The summed E-state index contributed by atoms with van der Waals surface area (Å²) < 4.78 is 0. The molecule has 2 N–H and O–H groups in total. The summed E-state index contributed by atoms with van der Waals surface area (Å²) in [7, 11) is 1.78. The van der Waals surface area contributed by atoms with Crippen LogP contribution in [0.2, 0.25) is 0 Å². The molecule has 0 aliphatic rings. The highest BCUT2D eigenvalue weighted by Crippen LogP contribution is 2.12. The molecule has 0 aliphatic heterocycles. The van der Waals surface area contributed by atoms with Crippen LogP contribution in [0.3, 0.4) is 0 Å². The zero-order valence-electron chi connectivity index (χ0n) is 10.5. The lowest BCUT2D eigenvalue weighted by Gasteiger charge is -2.11. The van der Waals surface area contributed by atoms with Crippen molar-refractivity contribution in [3.8, 4) is 0 Å². The third-order valence-corrected chi connectivity index (χ3v) is 3.61. The van der Waals surface area contributed by atoms with Crippen LogP contribution in [0.25, 0.3) is 0 Å². The molecule has 1 atom stereocenters. The van der Waals surface area contributed by atoms with Crippen molar-refractivity contribution in [3.05, 3.63) is 24.0 Å². The molecular weight excluding hydrogens is 234 g/mol. The second-order valence-electron chi connectivity index (χ2n) is 3.76. The first-order chi connectivity index (χ1) is 8.19. The van der Waals surface area contributed by atoms with Gasteiger partial charge >= 0.3 is 0 Å². The van der Waals surface area contributed by atoms with Gasteiger partial charge in [-0.05, 0) is 18.7 Å². The first-order valence-corrected chi connectivity index (χ1v) is 6.90. The highest BCUT2D eigenvalue weighted by Gasteiger charge is 2.10. The fourth-order valence-electron chi connectivity index (χ4n) is 1.39. The Morgan fingerprint density at radius 2 is 2.35 bits per heavy atom. The number of aromatic nitrogens is 1. The van der Waals surface area contributed by atoms with E-state index >= 15 is 0 Å². The van der Waals surface area contributed by atoms with Crippen LogP contribution in [-0.4, -0.2) is 36.0 Å². The molecule has 0 bridgehead atoms. The van der Waals surface area contributed by atoms with Crippen molar-refractivity contribution in [2.45, 2.75) is 18.6 Å². The fourth-order valence-corrected chi connectivity index (χ4v) is 1.75. The van der Waals surface area contributed by atoms with Gasteiger partial charge in [-0.25, -0.2) is 0 Å². The van der Waals surface area contributed by atoms with E-state index in [0.29, 0.717) is 17.4 Å². The van der Waals surface area contributed by atoms with Gasteiger partial charge in [-0.2, -0.15) is 11.8 Å². The molecule has 0 saturated carbocycles. The molecule has 94 valence electrons. The Morgan fingerprint density at radius 3 is 3.00 bits per heavy atom. The van der Waals surface area contributed by atoms with Gasteiger partial charge in [-0.1, -0.05) is 6.92 Å². The molecule has 1 unspecified atom stereocenters. The van der Waals surface area contributed by atoms with Crippen molar-refractivity contribution in [1.29, 1.82) is 0 Å². The van der Waals surface area contributed by atoms with E-state index in [9.17, 15) is 4.79 Å².